The molecule has 6 nitrogen and oxygen atoms in total. The van der Waals surface area contributed by atoms with E-state index in [2.05, 4.69) is 10.0 Å². The fraction of sp³-hybridized carbons (Fsp3) is 0.0909. The maximum Gasteiger partial charge on any atom is 0.308 e. The van der Waals surface area contributed by atoms with Gasteiger partial charge in [0.15, 0.2) is 0 Å². The van der Waals surface area contributed by atoms with Gasteiger partial charge >= 0.3 is 5.97 Å². The van der Waals surface area contributed by atoms with Crippen molar-refractivity contribution >= 4 is 18.0 Å². The second-order valence-corrected chi connectivity index (χ2v) is 3.02. The van der Waals surface area contributed by atoms with E-state index in [4.69, 9.17) is 10.3 Å². The third-order valence-electron chi connectivity index (χ3n) is 1.70. The number of rotatable bonds is 3. The van der Waals surface area contributed by atoms with Gasteiger partial charge in [-0.3, -0.25) is 9.59 Å². The largest absolute Gasteiger partial charge is 0.427 e. The van der Waals surface area contributed by atoms with Gasteiger partial charge in [0.25, 0.3) is 0 Å². The molecule has 0 aromatic heterocycles. The number of hydrogen-bond acceptors (Lipinski definition) is 3. The van der Waals surface area contributed by atoms with Crippen LogP contribution in [-0.2, 0) is 9.59 Å². The highest BCUT2D eigenvalue weighted by Crippen LogP contribution is 2.13. The fourth-order valence-electron chi connectivity index (χ4n) is 1.06. The first kappa shape index (κ1) is 12.5. The SMILES string of the molecule is CC(=O)Oc1ccc(C=CC(=O)N=[N+]=[N-])cc1. The molecule has 0 fully saturated rings. The lowest BCUT2D eigenvalue weighted by atomic mass is 10.2. The number of hydrogen-bond donors (Lipinski definition) is 0. The molecule has 0 atom stereocenters. The third-order valence-corrected chi connectivity index (χ3v) is 1.70. The Hall–Kier alpha value is -2.59. The number of carbonyl (C=O) groups is 2. The van der Waals surface area contributed by atoms with Crippen LogP contribution in [-0.4, -0.2) is 11.9 Å². The van der Waals surface area contributed by atoms with Crippen LogP contribution in [0.3, 0.4) is 0 Å². The van der Waals surface area contributed by atoms with Crippen molar-refractivity contribution in [1.82, 2.24) is 0 Å². The van der Waals surface area contributed by atoms with Gasteiger partial charge in [-0.1, -0.05) is 18.2 Å². The minimum Gasteiger partial charge on any atom is -0.427 e. The molecule has 6 heteroatoms. The molecule has 0 saturated carbocycles. The summed E-state index contributed by atoms with van der Waals surface area (Å²) in [6, 6.07) is 6.52. The number of amides is 1. The second kappa shape index (κ2) is 6.09. The van der Waals surface area contributed by atoms with Crippen molar-refractivity contribution in [2.75, 3.05) is 0 Å². The Morgan fingerprint density at radius 3 is 2.53 bits per heavy atom. The Morgan fingerprint density at radius 1 is 1.35 bits per heavy atom. The van der Waals surface area contributed by atoms with Gasteiger partial charge in [0, 0.05) is 11.8 Å². The topological polar surface area (TPSA) is 92.1 Å². The number of ether oxygens (including phenoxy) is 1. The van der Waals surface area contributed by atoms with Crippen molar-refractivity contribution in [2.24, 2.45) is 5.11 Å². The molecule has 0 unspecified atom stereocenters. The van der Waals surface area contributed by atoms with Crippen LogP contribution in [0.15, 0.2) is 35.5 Å². The standard InChI is InChI=1S/C11H9N3O3/c1-8(15)17-10-5-2-9(3-6-10)4-7-11(16)13-14-12/h2-7H,1H3. The minimum absolute atomic E-state index is 0.396. The van der Waals surface area contributed by atoms with Crippen LogP contribution in [0.4, 0.5) is 0 Å². The highest BCUT2D eigenvalue weighted by Gasteiger charge is 1.97. The normalized spacial score (nSPS) is 9.71. The van der Waals surface area contributed by atoms with Gasteiger partial charge in [-0.05, 0) is 34.4 Å². The summed E-state index contributed by atoms with van der Waals surface area (Å²) in [7, 11) is 0. The van der Waals surface area contributed by atoms with Crippen LogP contribution >= 0.6 is 0 Å². The summed E-state index contributed by atoms with van der Waals surface area (Å²) in [5, 5.41) is 2.88. The molecule has 0 bridgehead atoms. The monoisotopic (exact) mass is 231 g/mol. The lowest BCUT2D eigenvalue weighted by Crippen LogP contribution is -2.00. The highest BCUT2D eigenvalue weighted by molar-refractivity contribution is 5.92. The van der Waals surface area contributed by atoms with Crippen LogP contribution in [0.1, 0.15) is 12.5 Å². The zero-order valence-electron chi connectivity index (χ0n) is 9.03. The summed E-state index contributed by atoms with van der Waals surface area (Å²) in [5.74, 6) is -0.639. The Bertz CT molecular complexity index is 499. The minimum atomic E-state index is -0.670. The van der Waals surface area contributed by atoms with Crippen LogP contribution in [0.2, 0.25) is 0 Å². The molecule has 0 aliphatic rings. The Kier molecular flexibility index (Phi) is 4.47. The van der Waals surface area contributed by atoms with Crippen molar-refractivity contribution in [3.8, 4) is 5.75 Å². The third kappa shape index (κ3) is 4.63. The van der Waals surface area contributed by atoms with E-state index in [0.717, 1.165) is 11.6 Å². The van der Waals surface area contributed by atoms with E-state index in [-0.39, 0.29) is 0 Å². The lowest BCUT2D eigenvalue weighted by molar-refractivity contribution is -0.131. The van der Waals surface area contributed by atoms with Gasteiger partial charge < -0.3 is 4.74 Å². The average molecular weight is 231 g/mol. The first-order valence-electron chi connectivity index (χ1n) is 4.67. The van der Waals surface area contributed by atoms with Gasteiger partial charge in [0.05, 0.1) is 0 Å². The molecular formula is C11H9N3O3. The van der Waals surface area contributed by atoms with Crippen molar-refractivity contribution in [1.29, 1.82) is 0 Å². The van der Waals surface area contributed by atoms with Crippen molar-refractivity contribution in [3.63, 3.8) is 0 Å². The molecule has 1 aromatic rings. The van der Waals surface area contributed by atoms with E-state index in [1.807, 2.05) is 0 Å². The Balaban J connectivity index is 2.71. The average Bonchev–Trinajstić information content (AvgIpc) is 2.28. The molecule has 1 amide bonds. The van der Waals surface area contributed by atoms with Crippen LogP contribution in [0, 0.1) is 0 Å². The zero-order valence-corrected chi connectivity index (χ0v) is 9.03. The van der Waals surface area contributed by atoms with Crippen LogP contribution in [0.25, 0.3) is 16.5 Å². The molecule has 0 aliphatic heterocycles. The number of carbonyl (C=O) groups excluding carboxylic acids is 2. The molecule has 17 heavy (non-hydrogen) atoms. The molecular weight excluding hydrogens is 222 g/mol. The summed E-state index contributed by atoms with van der Waals surface area (Å²) >= 11 is 0. The van der Waals surface area contributed by atoms with E-state index < -0.39 is 11.9 Å². The summed E-state index contributed by atoms with van der Waals surface area (Å²) in [6.45, 7) is 1.31. The summed E-state index contributed by atoms with van der Waals surface area (Å²) in [5.41, 5.74) is 8.73. The van der Waals surface area contributed by atoms with Crippen molar-refractivity contribution in [2.45, 2.75) is 6.92 Å². The Labute approximate surface area is 97.1 Å². The molecule has 0 saturated heterocycles. The van der Waals surface area contributed by atoms with Gasteiger partial charge in [0.1, 0.15) is 5.75 Å². The molecule has 0 N–H and O–H groups in total. The highest BCUT2D eigenvalue weighted by atomic mass is 16.5. The quantitative estimate of drug-likeness (QED) is 0.200. The van der Waals surface area contributed by atoms with Gasteiger partial charge in [0.2, 0.25) is 5.91 Å². The number of esters is 1. The fourth-order valence-corrected chi connectivity index (χ4v) is 1.06. The number of nitrogens with zero attached hydrogens (tertiary/aromatic N) is 3. The lowest BCUT2D eigenvalue weighted by Gasteiger charge is -2.00. The first-order valence-corrected chi connectivity index (χ1v) is 4.67. The summed E-state index contributed by atoms with van der Waals surface area (Å²) in [4.78, 5) is 23.9. The molecule has 0 spiro atoms. The first-order chi connectivity index (χ1) is 8.11. The smallest absolute Gasteiger partial charge is 0.308 e. The van der Waals surface area contributed by atoms with Gasteiger partial charge in [-0.2, -0.15) is 0 Å². The van der Waals surface area contributed by atoms with E-state index in [1.54, 1.807) is 24.3 Å². The maximum absolute atomic E-state index is 10.9. The number of benzene rings is 1. The van der Waals surface area contributed by atoms with Crippen LogP contribution in [0.5, 0.6) is 5.75 Å². The van der Waals surface area contributed by atoms with Crippen molar-refractivity contribution < 1.29 is 14.3 Å². The Morgan fingerprint density at radius 2 is 2.00 bits per heavy atom. The zero-order chi connectivity index (χ0) is 12.7. The number of azide groups is 1. The van der Waals surface area contributed by atoms with E-state index in [0.29, 0.717) is 5.75 Å². The second-order valence-electron chi connectivity index (χ2n) is 3.02. The predicted molar refractivity (Wildman–Crippen MR) is 60.9 cm³/mol. The predicted octanol–water partition coefficient (Wildman–Crippen LogP) is 2.46. The van der Waals surface area contributed by atoms with Crippen molar-refractivity contribution in [3.05, 3.63) is 46.3 Å². The summed E-state index contributed by atoms with van der Waals surface area (Å²) < 4.78 is 4.84. The van der Waals surface area contributed by atoms with Gasteiger partial charge in [-0.15, -0.1) is 0 Å². The van der Waals surface area contributed by atoms with Gasteiger partial charge in [-0.25, -0.2) is 0 Å². The molecule has 1 aromatic carbocycles. The molecule has 0 aliphatic carbocycles. The maximum atomic E-state index is 10.9. The molecule has 0 heterocycles. The van der Waals surface area contributed by atoms with E-state index in [1.165, 1.54) is 13.0 Å². The summed E-state index contributed by atoms with van der Waals surface area (Å²) in [6.07, 6.45) is 2.65. The molecule has 0 radical (unpaired) electrons. The van der Waals surface area contributed by atoms with E-state index >= 15 is 0 Å². The molecule has 1 rings (SSSR count). The molecule has 86 valence electrons. The van der Waals surface area contributed by atoms with E-state index in [9.17, 15) is 9.59 Å². The van der Waals surface area contributed by atoms with Crippen LogP contribution < -0.4 is 4.74 Å².